The molecule has 6 rings (SSSR count). The number of urea groups is 1. The van der Waals surface area contributed by atoms with E-state index in [1.807, 2.05) is 42.6 Å². The number of benzene rings is 2. The minimum absolute atomic E-state index is 0.0222. The van der Waals surface area contributed by atoms with Crippen LogP contribution in [0.1, 0.15) is 28.4 Å². The zero-order valence-electron chi connectivity index (χ0n) is 20.5. The Morgan fingerprint density at radius 3 is 2.66 bits per heavy atom. The Bertz CT molecular complexity index is 1660. The fourth-order valence-corrected chi connectivity index (χ4v) is 5.02. The Labute approximate surface area is 218 Å². The number of hydrogen-bond donors (Lipinski definition) is 2. The van der Waals surface area contributed by atoms with Crippen LogP contribution in [-0.2, 0) is 16.9 Å². The van der Waals surface area contributed by atoms with Crippen LogP contribution in [0.2, 0.25) is 0 Å². The van der Waals surface area contributed by atoms with Gasteiger partial charge in [-0.1, -0.05) is 42.3 Å². The molecule has 9 nitrogen and oxygen atoms in total. The maximum absolute atomic E-state index is 13.4. The van der Waals surface area contributed by atoms with Crippen molar-refractivity contribution in [3.05, 3.63) is 89.7 Å². The average molecular weight is 506 g/mol. The van der Waals surface area contributed by atoms with E-state index in [1.54, 1.807) is 46.8 Å². The zero-order valence-corrected chi connectivity index (χ0v) is 20.5. The van der Waals surface area contributed by atoms with Crippen LogP contribution in [0.3, 0.4) is 0 Å². The van der Waals surface area contributed by atoms with Gasteiger partial charge in [-0.3, -0.25) is 14.9 Å². The molecule has 38 heavy (non-hydrogen) atoms. The summed E-state index contributed by atoms with van der Waals surface area (Å²) in [5.74, 6) is 5.41. The Kier molecular flexibility index (Phi) is 5.57. The van der Waals surface area contributed by atoms with Crippen LogP contribution in [0.25, 0.3) is 16.6 Å². The van der Waals surface area contributed by atoms with Crippen molar-refractivity contribution in [3.63, 3.8) is 0 Å². The molecule has 188 valence electrons. The summed E-state index contributed by atoms with van der Waals surface area (Å²) in [7, 11) is 0. The molecule has 1 fully saturated rings. The third-order valence-electron chi connectivity index (χ3n) is 6.93. The van der Waals surface area contributed by atoms with Gasteiger partial charge in [-0.05, 0) is 47.9 Å². The van der Waals surface area contributed by atoms with Gasteiger partial charge in [0.25, 0.3) is 11.8 Å². The molecule has 0 spiro atoms. The summed E-state index contributed by atoms with van der Waals surface area (Å²) in [5, 5.41) is 9.52. The third-order valence-corrected chi connectivity index (χ3v) is 6.93. The second kappa shape index (κ2) is 9.09. The van der Waals surface area contributed by atoms with E-state index in [2.05, 4.69) is 27.6 Å². The van der Waals surface area contributed by atoms with Gasteiger partial charge in [0, 0.05) is 23.9 Å². The predicted molar refractivity (Wildman–Crippen MR) is 139 cm³/mol. The maximum atomic E-state index is 13.4. The summed E-state index contributed by atoms with van der Waals surface area (Å²) in [4.78, 5) is 40.4. The summed E-state index contributed by atoms with van der Waals surface area (Å²) in [6.45, 7) is 2.25. The minimum atomic E-state index is -1.43. The Hall–Kier alpha value is -5.10. The van der Waals surface area contributed by atoms with Crippen LogP contribution in [0.4, 0.5) is 4.79 Å². The SMILES string of the molecule is CC#CCOc1ccc2c(c1)C(=O)N(C[C@@]1(c3ccc(-c4cnn5ccccc45)cc3)NC(=O)NC1=O)C2. The first kappa shape index (κ1) is 23.3. The molecule has 0 unspecified atom stereocenters. The van der Waals surface area contributed by atoms with E-state index in [0.717, 1.165) is 22.2 Å². The Morgan fingerprint density at radius 2 is 1.89 bits per heavy atom. The lowest BCUT2D eigenvalue weighted by Gasteiger charge is -2.31. The first-order valence-electron chi connectivity index (χ1n) is 12.1. The number of nitrogens with zero attached hydrogens (tertiary/aromatic N) is 3. The highest BCUT2D eigenvalue weighted by molar-refractivity contribution is 6.08. The van der Waals surface area contributed by atoms with Crippen LogP contribution >= 0.6 is 0 Å². The summed E-state index contributed by atoms with van der Waals surface area (Å²) in [5.41, 5.74) is 3.30. The number of nitrogens with one attached hydrogen (secondary N) is 2. The number of rotatable bonds is 6. The molecule has 2 N–H and O–H groups in total. The fourth-order valence-electron chi connectivity index (χ4n) is 5.02. The van der Waals surface area contributed by atoms with Crippen LogP contribution in [0.15, 0.2) is 73.1 Å². The molecular formula is C29H23N5O4. The summed E-state index contributed by atoms with van der Waals surface area (Å²) >= 11 is 0. The van der Waals surface area contributed by atoms with Crippen molar-refractivity contribution in [1.29, 1.82) is 0 Å². The first-order chi connectivity index (χ1) is 18.5. The first-order valence-corrected chi connectivity index (χ1v) is 12.1. The fraction of sp³-hybridized carbons (Fsp3) is 0.172. The zero-order chi connectivity index (χ0) is 26.3. The Morgan fingerprint density at radius 1 is 1.05 bits per heavy atom. The largest absolute Gasteiger partial charge is 0.481 e. The predicted octanol–water partition coefficient (Wildman–Crippen LogP) is 3.09. The van der Waals surface area contributed by atoms with E-state index >= 15 is 0 Å². The normalized spacial score (nSPS) is 18.1. The molecule has 4 aromatic rings. The summed E-state index contributed by atoms with van der Waals surface area (Å²) in [6.07, 6.45) is 3.66. The Balaban J connectivity index is 1.29. The van der Waals surface area contributed by atoms with Gasteiger partial charge in [-0.15, -0.1) is 5.92 Å². The number of amides is 4. The van der Waals surface area contributed by atoms with Crippen LogP contribution in [0, 0.1) is 11.8 Å². The van der Waals surface area contributed by atoms with Crippen LogP contribution < -0.4 is 15.4 Å². The molecule has 1 atom stereocenters. The van der Waals surface area contributed by atoms with Gasteiger partial charge < -0.3 is 15.0 Å². The minimum Gasteiger partial charge on any atom is -0.481 e. The quantitative estimate of drug-likeness (QED) is 0.310. The van der Waals surface area contributed by atoms with Crippen LogP contribution in [-0.4, -0.2) is 45.5 Å². The lowest BCUT2D eigenvalue weighted by Crippen LogP contribution is -2.52. The second-order valence-electron chi connectivity index (χ2n) is 9.18. The van der Waals surface area contributed by atoms with Gasteiger partial charge in [0.2, 0.25) is 0 Å². The van der Waals surface area contributed by atoms with Crippen molar-refractivity contribution in [2.75, 3.05) is 13.2 Å². The molecule has 2 aromatic carbocycles. The summed E-state index contributed by atoms with van der Waals surface area (Å²) in [6, 6.07) is 18.0. The van der Waals surface area contributed by atoms with Crippen molar-refractivity contribution in [2.45, 2.75) is 19.0 Å². The standard InChI is InChI=1S/C29H23N5O4/c1-2-3-14-38-22-12-9-20-17-33(26(35)23(20)15-22)18-29(27(36)31-28(37)32-29)21-10-7-19(8-11-21)24-16-30-34-13-5-4-6-25(24)34/h4-13,15-16H,14,17-18H2,1H3,(H2,31,32,36,37)/t29-/m0/s1. The molecule has 2 aliphatic heterocycles. The van der Waals surface area contributed by atoms with E-state index in [4.69, 9.17) is 4.74 Å². The highest BCUT2D eigenvalue weighted by atomic mass is 16.5. The van der Waals surface area contributed by atoms with Crippen molar-refractivity contribution in [1.82, 2.24) is 25.1 Å². The highest BCUT2D eigenvalue weighted by Crippen LogP contribution is 2.34. The summed E-state index contributed by atoms with van der Waals surface area (Å²) < 4.78 is 7.40. The number of ether oxygens (including phenoxy) is 1. The van der Waals surface area contributed by atoms with Gasteiger partial charge in [0.15, 0.2) is 5.54 Å². The molecule has 4 heterocycles. The second-order valence-corrected chi connectivity index (χ2v) is 9.18. The van der Waals surface area contributed by atoms with E-state index in [0.29, 0.717) is 23.4 Å². The number of pyridine rings is 1. The molecule has 0 aliphatic carbocycles. The number of aromatic nitrogens is 2. The lowest BCUT2D eigenvalue weighted by molar-refractivity contribution is -0.124. The molecule has 9 heteroatoms. The van der Waals surface area contributed by atoms with E-state index in [-0.39, 0.29) is 19.1 Å². The smallest absolute Gasteiger partial charge is 0.322 e. The lowest BCUT2D eigenvalue weighted by atomic mass is 9.88. The molecule has 0 radical (unpaired) electrons. The van der Waals surface area contributed by atoms with Crippen molar-refractivity contribution >= 4 is 23.4 Å². The molecule has 2 aromatic heterocycles. The van der Waals surface area contributed by atoms with Gasteiger partial charge in [0.1, 0.15) is 12.4 Å². The van der Waals surface area contributed by atoms with E-state index < -0.39 is 17.5 Å². The molecule has 2 aliphatic rings. The van der Waals surface area contributed by atoms with Crippen LogP contribution in [0.5, 0.6) is 5.75 Å². The number of hydrogen-bond acceptors (Lipinski definition) is 5. The van der Waals surface area contributed by atoms with E-state index in [9.17, 15) is 14.4 Å². The number of imide groups is 1. The third kappa shape index (κ3) is 3.83. The topological polar surface area (TPSA) is 105 Å². The molecule has 0 bridgehead atoms. The number of fused-ring (bicyclic) bond motifs is 2. The average Bonchev–Trinajstić information content (AvgIpc) is 3.58. The molecule has 0 saturated carbocycles. The van der Waals surface area contributed by atoms with Gasteiger partial charge in [-0.25, -0.2) is 9.31 Å². The monoisotopic (exact) mass is 505 g/mol. The maximum Gasteiger partial charge on any atom is 0.322 e. The highest BCUT2D eigenvalue weighted by Gasteiger charge is 2.50. The molecular weight excluding hydrogens is 482 g/mol. The van der Waals surface area contributed by atoms with E-state index in [1.165, 1.54) is 0 Å². The van der Waals surface area contributed by atoms with Gasteiger partial charge in [-0.2, -0.15) is 5.10 Å². The molecule has 1 saturated heterocycles. The van der Waals surface area contributed by atoms with Gasteiger partial charge >= 0.3 is 6.03 Å². The van der Waals surface area contributed by atoms with Gasteiger partial charge in [0.05, 0.1) is 18.3 Å². The van der Waals surface area contributed by atoms with Crippen molar-refractivity contribution in [3.8, 4) is 28.7 Å². The number of carbonyl (C=O) groups excluding carboxylic acids is 3. The molecule has 4 amide bonds. The number of carbonyl (C=O) groups is 3. The van der Waals surface area contributed by atoms with Crippen molar-refractivity contribution in [2.24, 2.45) is 0 Å². The van der Waals surface area contributed by atoms with Crippen molar-refractivity contribution < 1.29 is 19.1 Å².